The van der Waals surface area contributed by atoms with Gasteiger partial charge in [-0.05, 0) is 6.92 Å². The lowest BCUT2D eigenvalue weighted by molar-refractivity contribution is 1.46. The topological polar surface area (TPSA) is 28.1 Å². The van der Waals surface area contributed by atoms with Crippen molar-refractivity contribution in [1.29, 1.82) is 5.39 Å². The zero-order valence-electron chi connectivity index (χ0n) is 8.67. The summed E-state index contributed by atoms with van der Waals surface area (Å²) < 4.78 is 0. The zero-order valence-corrected chi connectivity index (χ0v) is 8.67. The van der Waals surface area contributed by atoms with Gasteiger partial charge in [-0.25, -0.2) is 0 Å². The van der Waals surface area contributed by atoms with E-state index < -0.39 is 0 Å². The largest absolute Gasteiger partial charge is 0.385 e. The lowest BCUT2D eigenvalue weighted by Crippen LogP contribution is -1.62. The molecular weight excluding hydrogens is 184 g/mol. The molecule has 0 bridgehead atoms. The normalized spacial score (nSPS) is 8.27. The number of nitrogens with zero attached hydrogens (tertiary/aromatic N) is 2. The van der Waals surface area contributed by atoms with Crippen LogP contribution in [0.25, 0.3) is 4.98 Å². The fourth-order valence-electron chi connectivity index (χ4n) is 1.03. The molecule has 0 aromatic heterocycles. The highest BCUT2D eigenvalue weighted by Gasteiger charge is 1.95. The molecule has 0 aliphatic heterocycles. The Morgan fingerprint density at radius 1 is 0.800 bits per heavy atom. The highest BCUT2D eigenvalue weighted by molar-refractivity contribution is 5.42. The molecule has 0 aliphatic carbocycles. The van der Waals surface area contributed by atoms with Gasteiger partial charge < -0.3 is 0 Å². The van der Waals surface area contributed by atoms with E-state index in [1.54, 1.807) is 12.1 Å². The second kappa shape index (κ2) is 6.33. The van der Waals surface area contributed by atoms with Crippen molar-refractivity contribution in [2.45, 2.75) is 6.92 Å². The maximum atomic E-state index is 8.16. The molecule has 74 valence electrons. The number of diazo groups is 1. The Bertz CT molecular complexity index is 415. The number of rotatable bonds is 0. The molecule has 0 heterocycles. The van der Waals surface area contributed by atoms with Gasteiger partial charge in [0.2, 0.25) is 5.39 Å². The Balaban J connectivity index is 0.000000151. The molecule has 0 atom stereocenters. The van der Waals surface area contributed by atoms with E-state index in [0.717, 1.165) is 0 Å². The number of benzene rings is 2. The van der Waals surface area contributed by atoms with Gasteiger partial charge in [0.05, 0.1) is 0 Å². The summed E-state index contributed by atoms with van der Waals surface area (Å²) in [6, 6.07) is 19.2. The Morgan fingerprint density at radius 2 is 1.27 bits per heavy atom. The molecule has 2 aromatic rings. The maximum Gasteiger partial charge on any atom is 0.385 e. The predicted octanol–water partition coefficient (Wildman–Crippen LogP) is 4.17. The van der Waals surface area contributed by atoms with Crippen LogP contribution in [0.3, 0.4) is 0 Å². The summed E-state index contributed by atoms with van der Waals surface area (Å²) in [6.07, 6.45) is 0. The fourth-order valence-corrected chi connectivity index (χ4v) is 1.03. The van der Waals surface area contributed by atoms with Crippen LogP contribution in [0.15, 0.2) is 60.7 Å². The molecular formula is C13H13N2+. The van der Waals surface area contributed by atoms with Crippen LogP contribution in [0.5, 0.6) is 0 Å². The third-order valence-corrected chi connectivity index (χ3v) is 1.81. The van der Waals surface area contributed by atoms with Gasteiger partial charge in [0.15, 0.2) is 4.98 Å². The van der Waals surface area contributed by atoms with Gasteiger partial charge in [0.1, 0.15) is 0 Å². The molecule has 0 spiro atoms. The van der Waals surface area contributed by atoms with Crippen LogP contribution < -0.4 is 0 Å². The van der Waals surface area contributed by atoms with Crippen molar-refractivity contribution in [3.05, 3.63) is 71.2 Å². The summed E-state index contributed by atoms with van der Waals surface area (Å²) in [4.78, 5) is 2.97. The number of hydrogen-bond donors (Lipinski definition) is 0. The average molecular weight is 197 g/mol. The highest BCUT2D eigenvalue weighted by Crippen LogP contribution is 2.07. The zero-order chi connectivity index (χ0) is 10.9. The third-order valence-electron chi connectivity index (χ3n) is 1.81. The van der Waals surface area contributed by atoms with E-state index in [-0.39, 0.29) is 0 Å². The van der Waals surface area contributed by atoms with Crippen LogP contribution >= 0.6 is 0 Å². The minimum Gasteiger partial charge on any atom is -0.0622 e. The van der Waals surface area contributed by atoms with Gasteiger partial charge in [-0.15, -0.1) is 0 Å². The average Bonchev–Trinajstić information content (AvgIpc) is 2.32. The van der Waals surface area contributed by atoms with Crippen LogP contribution in [0.4, 0.5) is 5.69 Å². The van der Waals surface area contributed by atoms with Crippen molar-refractivity contribution in [3.63, 3.8) is 0 Å². The molecule has 0 amide bonds. The van der Waals surface area contributed by atoms with Gasteiger partial charge in [0, 0.05) is 12.1 Å². The van der Waals surface area contributed by atoms with Crippen molar-refractivity contribution in [3.8, 4) is 0 Å². The SMILES string of the molecule is Cc1ccccc1.N#[N+]c1ccccc1. The van der Waals surface area contributed by atoms with E-state index >= 15 is 0 Å². The number of aryl methyl sites for hydroxylation is 1. The van der Waals surface area contributed by atoms with Gasteiger partial charge >= 0.3 is 5.69 Å². The summed E-state index contributed by atoms with van der Waals surface area (Å²) in [6.45, 7) is 2.08. The lowest BCUT2D eigenvalue weighted by Gasteiger charge is -1.82. The summed E-state index contributed by atoms with van der Waals surface area (Å²) in [5, 5.41) is 8.16. The summed E-state index contributed by atoms with van der Waals surface area (Å²) in [5.74, 6) is 0. The predicted molar refractivity (Wildman–Crippen MR) is 62.4 cm³/mol. The van der Waals surface area contributed by atoms with Crippen LogP contribution in [-0.2, 0) is 0 Å². The van der Waals surface area contributed by atoms with E-state index in [9.17, 15) is 0 Å². The Kier molecular flexibility index (Phi) is 4.62. The first-order chi connectivity index (χ1) is 7.33. The minimum atomic E-state index is 0.590. The van der Waals surface area contributed by atoms with E-state index in [4.69, 9.17) is 5.39 Å². The molecule has 2 nitrogen and oxygen atoms in total. The van der Waals surface area contributed by atoms with E-state index in [2.05, 4.69) is 24.0 Å². The van der Waals surface area contributed by atoms with E-state index in [0.29, 0.717) is 5.69 Å². The molecule has 0 aliphatic rings. The first-order valence-electron chi connectivity index (χ1n) is 4.74. The minimum absolute atomic E-state index is 0.590. The molecule has 0 unspecified atom stereocenters. The van der Waals surface area contributed by atoms with Crippen molar-refractivity contribution in [1.82, 2.24) is 0 Å². The smallest absolute Gasteiger partial charge is 0.0622 e. The van der Waals surface area contributed by atoms with Gasteiger partial charge in [-0.1, -0.05) is 54.1 Å². The van der Waals surface area contributed by atoms with Crippen molar-refractivity contribution in [2.24, 2.45) is 0 Å². The summed E-state index contributed by atoms with van der Waals surface area (Å²) in [7, 11) is 0. The molecule has 0 fully saturated rings. The highest BCUT2D eigenvalue weighted by atomic mass is 14.8. The second-order valence-corrected chi connectivity index (χ2v) is 3.09. The van der Waals surface area contributed by atoms with Gasteiger partial charge in [-0.2, -0.15) is 0 Å². The second-order valence-electron chi connectivity index (χ2n) is 3.09. The quantitative estimate of drug-likeness (QED) is 0.582. The summed E-state index contributed by atoms with van der Waals surface area (Å²) >= 11 is 0. The van der Waals surface area contributed by atoms with Crippen LogP contribution in [0.1, 0.15) is 5.56 Å². The fraction of sp³-hybridized carbons (Fsp3) is 0.0769. The maximum absolute atomic E-state index is 8.16. The van der Waals surface area contributed by atoms with Crippen LogP contribution in [-0.4, -0.2) is 0 Å². The molecule has 0 saturated carbocycles. The van der Waals surface area contributed by atoms with E-state index in [1.807, 2.05) is 36.4 Å². The Labute approximate surface area is 89.8 Å². The first kappa shape index (κ1) is 10.9. The van der Waals surface area contributed by atoms with E-state index in [1.165, 1.54) is 5.56 Å². The van der Waals surface area contributed by atoms with Crippen LogP contribution in [0, 0.1) is 12.3 Å². The lowest BCUT2D eigenvalue weighted by atomic mass is 10.2. The van der Waals surface area contributed by atoms with Gasteiger partial charge in [0.25, 0.3) is 0 Å². The molecule has 2 heteroatoms. The van der Waals surface area contributed by atoms with Crippen molar-refractivity contribution < 1.29 is 0 Å². The van der Waals surface area contributed by atoms with Gasteiger partial charge in [-0.3, -0.25) is 0 Å². The standard InChI is InChI=1S/C7H8.C6H5N2/c1-7-5-3-2-4-6-7;7-8-6-4-2-1-3-5-6/h2-6H,1H3;1-5H/q;+1. The Hall–Kier alpha value is -2.14. The first-order valence-corrected chi connectivity index (χ1v) is 4.74. The molecule has 0 saturated heterocycles. The van der Waals surface area contributed by atoms with Crippen LogP contribution in [0.2, 0.25) is 0 Å². The molecule has 2 aromatic carbocycles. The molecule has 15 heavy (non-hydrogen) atoms. The monoisotopic (exact) mass is 197 g/mol. The molecule has 0 N–H and O–H groups in total. The molecule has 0 radical (unpaired) electrons. The Morgan fingerprint density at radius 3 is 1.53 bits per heavy atom. The van der Waals surface area contributed by atoms with Crippen molar-refractivity contribution >= 4 is 5.69 Å². The third kappa shape index (κ3) is 4.58. The number of hydrogen-bond acceptors (Lipinski definition) is 1. The van der Waals surface area contributed by atoms with Crippen molar-refractivity contribution in [2.75, 3.05) is 0 Å². The molecule has 2 rings (SSSR count). The summed E-state index contributed by atoms with van der Waals surface area (Å²) in [5.41, 5.74) is 1.91.